The molecule has 1 aliphatic carbocycles. The second-order valence-corrected chi connectivity index (χ2v) is 6.11. The fraction of sp³-hybridized carbons (Fsp3) is 0.933. The summed E-state index contributed by atoms with van der Waals surface area (Å²) in [5.74, 6) is 0.0414. The summed E-state index contributed by atoms with van der Waals surface area (Å²) in [5.41, 5.74) is 0.0180. The Kier molecular flexibility index (Phi) is 5.41. The number of nitrogens with one attached hydrogen (secondary N) is 1. The van der Waals surface area contributed by atoms with Crippen molar-refractivity contribution in [3.8, 4) is 0 Å². The number of nitrogens with zero attached hydrogens (tertiary/aromatic N) is 1. The van der Waals surface area contributed by atoms with E-state index in [0.717, 1.165) is 58.5 Å². The molecular formula is C15H28N2O3. The van der Waals surface area contributed by atoms with Gasteiger partial charge in [-0.05, 0) is 45.8 Å². The lowest BCUT2D eigenvalue weighted by Gasteiger charge is -2.56. The van der Waals surface area contributed by atoms with Gasteiger partial charge < -0.3 is 20.1 Å². The molecule has 0 bridgehead atoms. The highest BCUT2D eigenvalue weighted by atomic mass is 16.5. The Hall–Kier alpha value is -0.650. The van der Waals surface area contributed by atoms with Gasteiger partial charge in [-0.2, -0.15) is 0 Å². The van der Waals surface area contributed by atoms with Crippen LogP contribution < -0.4 is 5.32 Å². The van der Waals surface area contributed by atoms with Crippen molar-refractivity contribution in [2.45, 2.75) is 51.7 Å². The lowest BCUT2D eigenvalue weighted by molar-refractivity contribution is -0.209. The third kappa shape index (κ3) is 3.32. The molecule has 1 spiro atoms. The zero-order chi connectivity index (χ0) is 14.6. The van der Waals surface area contributed by atoms with Crippen LogP contribution in [0, 0.1) is 5.41 Å². The van der Waals surface area contributed by atoms with E-state index in [2.05, 4.69) is 10.2 Å². The van der Waals surface area contributed by atoms with Gasteiger partial charge >= 0.3 is 0 Å². The number of piperidine rings is 1. The van der Waals surface area contributed by atoms with Crippen molar-refractivity contribution in [1.29, 1.82) is 0 Å². The number of hydrogen-bond acceptors (Lipinski definition) is 4. The number of amides is 1. The Morgan fingerprint density at radius 2 is 2.15 bits per heavy atom. The Labute approximate surface area is 121 Å². The first-order valence-corrected chi connectivity index (χ1v) is 7.85. The summed E-state index contributed by atoms with van der Waals surface area (Å²) < 4.78 is 5.78. The van der Waals surface area contributed by atoms with Gasteiger partial charge in [0.25, 0.3) is 0 Å². The molecule has 0 aromatic rings. The monoisotopic (exact) mass is 284 g/mol. The van der Waals surface area contributed by atoms with Crippen LogP contribution in [0.5, 0.6) is 0 Å². The number of likely N-dealkylation sites (tertiary alicyclic amines) is 1. The fourth-order valence-corrected chi connectivity index (χ4v) is 3.58. The molecule has 20 heavy (non-hydrogen) atoms. The van der Waals surface area contributed by atoms with E-state index in [4.69, 9.17) is 4.74 Å². The van der Waals surface area contributed by atoms with E-state index in [1.165, 1.54) is 0 Å². The molecule has 2 fully saturated rings. The van der Waals surface area contributed by atoms with Crippen molar-refractivity contribution >= 4 is 5.91 Å². The molecule has 0 aromatic carbocycles. The minimum atomic E-state index is -0.180. The highest BCUT2D eigenvalue weighted by molar-refractivity contribution is 5.72. The summed E-state index contributed by atoms with van der Waals surface area (Å²) in [6.07, 6.45) is 3.92. The van der Waals surface area contributed by atoms with Crippen molar-refractivity contribution in [3.63, 3.8) is 0 Å². The van der Waals surface area contributed by atoms with Crippen LogP contribution in [0.4, 0.5) is 0 Å². The molecule has 5 heteroatoms. The molecule has 2 rings (SSSR count). The van der Waals surface area contributed by atoms with Crippen LogP contribution in [-0.4, -0.2) is 60.9 Å². The van der Waals surface area contributed by atoms with Crippen molar-refractivity contribution in [3.05, 3.63) is 0 Å². The van der Waals surface area contributed by atoms with Gasteiger partial charge in [0, 0.05) is 31.9 Å². The zero-order valence-electron chi connectivity index (χ0n) is 12.7. The fourth-order valence-electron chi connectivity index (χ4n) is 3.58. The molecule has 1 saturated heterocycles. The molecule has 2 aliphatic rings. The second-order valence-electron chi connectivity index (χ2n) is 6.11. The number of carbonyl (C=O) groups is 1. The topological polar surface area (TPSA) is 61.8 Å². The van der Waals surface area contributed by atoms with Crippen molar-refractivity contribution in [2.24, 2.45) is 5.41 Å². The van der Waals surface area contributed by atoms with Crippen LogP contribution in [0.25, 0.3) is 0 Å². The first kappa shape index (κ1) is 15.7. The average molecular weight is 284 g/mol. The van der Waals surface area contributed by atoms with E-state index in [9.17, 15) is 9.90 Å². The Balaban J connectivity index is 1.70. The molecular weight excluding hydrogens is 256 g/mol. The minimum absolute atomic E-state index is 0.0180. The first-order chi connectivity index (χ1) is 9.58. The van der Waals surface area contributed by atoms with Gasteiger partial charge in [-0.15, -0.1) is 0 Å². The molecule has 2 unspecified atom stereocenters. The minimum Gasteiger partial charge on any atom is -0.392 e. The quantitative estimate of drug-likeness (QED) is 0.707. The molecule has 2 atom stereocenters. The largest absolute Gasteiger partial charge is 0.392 e. The zero-order valence-corrected chi connectivity index (χ0v) is 12.7. The summed E-state index contributed by atoms with van der Waals surface area (Å²) in [7, 11) is 0. The lowest BCUT2D eigenvalue weighted by atomic mass is 9.58. The third-order valence-electron chi connectivity index (χ3n) is 4.92. The lowest BCUT2D eigenvalue weighted by Crippen LogP contribution is -2.62. The molecule has 1 saturated carbocycles. The maximum absolute atomic E-state index is 10.8. The number of rotatable bonds is 6. The molecule has 2 N–H and O–H groups in total. The van der Waals surface area contributed by atoms with Gasteiger partial charge in [-0.3, -0.25) is 4.79 Å². The van der Waals surface area contributed by atoms with Gasteiger partial charge in [0.15, 0.2) is 0 Å². The highest BCUT2D eigenvalue weighted by Crippen LogP contribution is 2.50. The van der Waals surface area contributed by atoms with E-state index < -0.39 is 0 Å². The standard InChI is InChI=1S/C15H28N2O3/c1-3-20-14-11-13(19)15(14)5-9-17(10-6-15)8-4-7-16-12(2)18/h13-14,19H,3-11H2,1-2H3,(H,16,18). The normalized spacial score (nSPS) is 29.1. The summed E-state index contributed by atoms with van der Waals surface area (Å²) in [6.45, 7) is 8.14. The Morgan fingerprint density at radius 1 is 1.45 bits per heavy atom. The van der Waals surface area contributed by atoms with E-state index in [1.54, 1.807) is 6.92 Å². The number of aliphatic hydroxyl groups is 1. The van der Waals surface area contributed by atoms with Crippen molar-refractivity contribution in [1.82, 2.24) is 10.2 Å². The number of ether oxygens (including phenoxy) is 1. The number of hydrogen-bond donors (Lipinski definition) is 2. The van der Waals surface area contributed by atoms with Crippen LogP contribution in [0.2, 0.25) is 0 Å². The van der Waals surface area contributed by atoms with Crippen molar-refractivity contribution < 1.29 is 14.6 Å². The molecule has 0 aromatic heterocycles. The predicted octanol–water partition coefficient (Wildman–Crippen LogP) is 0.764. The van der Waals surface area contributed by atoms with E-state index in [-0.39, 0.29) is 23.5 Å². The summed E-state index contributed by atoms with van der Waals surface area (Å²) >= 11 is 0. The Morgan fingerprint density at radius 3 is 2.70 bits per heavy atom. The highest BCUT2D eigenvalue weighted by Gasteiger charge is 2.55. The number of carbonyl (C=O) groups excluding carboxylic acids is 1. The Bertz CT molecular complexity index is 325. The SMILES string of the molecule is CCOC1CC(O)C12CCN(CCCNC(C)=O)CC2. The van der Waals surface area contributed by atoms with Gasteiger partial charge in [0.2, 0.25) is 5.91 Å². The maximum atomic E-state index is 10.8. The predicted molar refractivity (Wildman–Crippen MR) is 77.4 cm³/mol. The van der Waals surface area contributed by atoms with Crippen LogP contribution in [0.1, 0.15) is 39.5 Å². The number of aliphatic hydroxyl groups excluding tert-OH is 1. The molecule has 1 amide bonds. The third-order valence-corrected chi connectivity index (χ3v) is 4.92. The smallest absolute Gasteiger partial charge is 0.216 e. The second kappa shape index (κ2) is 6.87. The van der Waals surface area contributed by atoms with E-state index in [1.807, 2.05) is 6.92 Å². The van der Waals surface area contributed by atoms with Gasteiger partial charge in [-0.25, -0.2) is 0 Å². The summed E-state index contributed by atoms with van der Waals surface area (Å²) in [4.78, 5) is 13.2. The van der Waals surface area contributed by atoms with Crippen molar-refractivity contribution in [2.75, 3.05) is 32.8 Å². The maximum Gasteiger partial charge on any atom is 0.216 e. The van der Waals surface area contributed by atoms with Gasteiger partial charge in [0.05, 0.1) is 12.2 Å². The summed E-state index contributed by atoms with van der Waals surface area (Å²) in [6, 6.07) is 0. The van der Waals surface area contributed by atoms with Gasteiger partial charge in [0.1, 0.15) is 0 Å². The first-order valence-electron chi connectivity index (χ1n) is 7.85. The molecule has 5 nitrogen and oxygen atoms in total. The van der Waals surface area contributed by atoms with E-state index in [0.29, 0.717) is 0 Å². The van der Waals surface area contributed by atoms with Crippen LogP contribution in [-0.2, 0) is 9.53 Å². The van der Waals surface area contributed by atoms with E-state index >= 15 is 0 Å². The van der Waals surface area contributed by atoms with Crippen LogP contribution in [0.15, 0.2) is 0 Å². The van der Waals surface area contributed by atoms with Crippen LogP contribution >= 0.6 is 0 Å². The molecule has 116 valence electrons. The summed E-state index contributed by atoms with van der Waals surface area (Å²) in [5, 5.41) is 13.0. The molecule has 1 aliphatic heterocycles. The average Bonchev–Trinajstić information content (AvgIpc) is 2.44. The molecule has 1 heterocycles. The van der Waals surface area contributed by atoms with Gasteiger partial charge in [-0.1, -0.05) is 0 Å². The molecule has 0 radical (unpaired) electrons. The van der Waals surface area contributed by atoms with Crippen LogP contribution in [0.3, 0.4) is 0 Å².